The molecule has 1 N–H and O–H groups in total. The fraction of sp³-hybridized carbons (Fsp3) is 0.200. The van der Waals surface area contributed by atoms with E-state index in [9.17, 15) is 4.79 Å². The Morgan fingerprint density at radius 1 is 1.25 bits per heavy atom. The molecule has 0 spiro atoms. The third-order valence-corrected chi connectivity index (χ3v) is 4.89. The quantitative estimate of drug-likeness (QED) is 0.589. The van der Waals surface area contributed by atoms with E-state index in [-0.39, 0.29) is 5.56 Å². The van der Waals surface area contributed by atoms with Crippen molar-refractivity contribution in [1.29, 1.82) is 0 Å². The minimum Gasteiger partial charge on any atom is -0.301 e. The summed E-state index contributed by atoms with van der Waals surface area (Å²) >= 11 is 3.12. The Morgan fingerprint density at radius 2 is 2.00 bits per heavy atom. The van der Waals surface area contributed by atoms with Crippen molar-refractivity contribution in [3.05, 3.63) is 56.7 Å². The van der Waals surface area contributed by atoms with E-state index in [1.165, 1.54) is 11.1 Å². The van der Waals surface area contributed by atoms with Crippen LogP contribution in [0.15, 0.2) is 40.3 Å². The minimum atomic E-state index is -0.0502. The molecule has 20 heavy (non-hydrogen) atoms. The molecule has 0 amide bonds. The first-order valence-corrected chi connectivity index (χ1v) is 8.11. The highest BCUT2D eigenvalue weighted by Gasteiger charge is 2.07. The molecule has 0 fully saturated rings. The topological polar surface area (TPSA) is 45.8 Å². The maximum Gasteiger partial charge on any atom is 0.260 e. The summed E-state index contributed by atoms with van der Waals surface area (Å²) in [5.74, 6) is 0.805. The van der Waals surface area contributed by atoms with Gasteiger partial charge < -0.3 is 4.98 Å². The van der Waals surface area contributed by atoms with Crippen LogP contribution in [0, 0.1) is 13.8 Å². The lowest BCUT2D eigenvalue weighted by atomic mass is 10.2. The van der Waals surface area contributed by atoms with E-state index >= 15 is 0 Å². The number of rotatable bonds is 3. The van der Waals surface area contributed by atoms with Crippen molar-refractivity contribution in [2.75, 3.05) is 0 Å². The lowest BCUT2D eigenvalue weighted by molar-refractivity contribution is 0.979. The average molecular weight is 302 g/mol. The summed E-state index contributed by atoms with van der Waals surface area (Å²) in [7, 11) is 0. The van der Waals surface area contributed by atoms with Crippen molar-refractivity contribution < 1.29 is 0 Å². The molecule has 3 rings (SSSR count). The van der Waals surface area contributed by atoms with Gasteiger partial charge in [0.2, 0.25) is 0 Å². The number of aromatic nitrogens is 2. The molecule has 0 aliphatic rings. The number of H-pyrrole nitrogens is 1. The van der Waals surface area contributed by atoms with Gasteiger partial charge in [-0.3, -0.25) is 4.79 Å². The Balaban J connectivity index is 1.84. The number of fused-ring (bicyclic) bond motifs is 1. The summed E-state index contributed by atoms with van der Waals surface area (Å²) in [5.41, 5.74) is 2.43. The van der Waals surface area contributed by atoms with Gasteiger partial charge in [-0.15, -0.1) is 11.3 Å². The monoisotopic (exact) mass is 302 g/mol. The summed E-state index contributed by atoms with van der Waals surface area (Å²) in [6.45, 7) is 4.06. The minimum absolute atomic E-state index is 0.0502. The van der Waals surface area contributed by atoms with Crippen LogP contribution in [-0.2, 0) is 5.75 Å². The second-order valence-electron chi connectivity index (χ2n) is 4.72. The van der Waals surface area contributed by atoms with Gasteiger partial charge in [-0.25, -0.2) is 4.98 Å². The molecule has 0 radical (unpaired) electrons. The molecule has 1 aromatic carbocycles. The van der Waals surface area contributed by atoms with E-state index in [1.807, 2.05) is 13.0 Å². The number of thioether (sulfide) groups is 1. The van der Waals surface area contributed by atoms with E-state index in [2.05, 4.69) is 41.2 Å². The number of nitrogens with zero attached hydrogens (tertiary/aromatic N) is 1. The number of hydrogen-bond acceptors (Lipinski definition) is 4. The van der Waals surface area contributed by atoms with Gasteiger partial charge in [0, 0.05) is 10.6 Å². The van der Waals surface area contributed by atoms with E-state index in [1.54, 1.807) is 23.1 Å². The van der Waals surface area contributed by atoms with Crippen LogP contribution in [0.4, 0.5) is 0 Å². The number of aromatic amines is 1. The molecule has 0 saturated heterocycles. The van der Waals surface area contributed by atoms with Gasteiger partial charge in [0.25, 0.3) is 5.56 Å². The maximum absolute atomic E-state index is 12.0. The lowest BCUT2D eigenvalue weighted by Crippen LogP contribution is -2.07. The predicted octanol–water partition coefficient (Wildman–Crippen LogP) is 3.89. The molecule has 0 bridgehead atoms. The molecule has 2 aromatic heterocycles. The molecule has 0 aliphatic heterocycles. The van der Waals surface area contributed by atoms with Crippen LogP contribution in [0.5, 0.6) is 0 Å². The summed E-state index contributed by atoms with van der Waals surface area (Å²) in [5, 5.41) is 1.37. The molecule has 2 heterocycles. The van der Waals surface area contributed by atoms with Gasteiger partial charge in [0.1, 0.15) is 4.83 Å². The lowest BCUT2D eigenvalue weighted by Gasteiger charge is -2.02. The molecule has 0 atom stereocenters. The third-order valence-electron chi connectivity index (χ3n) is 3.00. The Kier molecular flexibility index (Phi) is 3.63. The zero-order chi connectivity index (χ0) is 14.1. The Labute approximate surface area is 125 Å². The highest BCUT2D eigenvalue weighted by atomic mass is 32.2. The van der Waals surface area contributed by atoms with Gasteiger partial charge in [-0.1, -0.05) is 41.6 Å². The Hall–Kier alpha value is -1.59. The highest BCUT2D eigenvalue weighted by Crippen LogP contribution is 2.24. The van der Waals surface area contributed by atoms with Crippen LogP contribution in [0.2, 0.25) is 0 Å². The first-order chi connectivity index (χ1) is 9.61. The standard InChI is InChI=1S/C15H14N2OS2/c1-9-3-5-11(6-4-9)8-19-15-16-13(18)12-7-10(2)20-14(12)17-15/h3-7H,8H2,1-2H3,(H,16,17,18). The fourth-order valence-electron chi connectivity index (χ4n) is 1.94. The van der Waals surface area contributed by atoms with Crippen LogP contribution < -0.4 is 5.56 Å². The largest absolute Gasteiger partial charge is 0.301 e. The van der Waals surface area contributed by atoms with E-state index in [4.69, 9.17) is 0 Å². The molecule has 3 aromatic rings. The zero-order valence-corrected chi connectivity index (χ0v) is 12.9. The molecular weight excluding hydrogens is 288 g/mol. The van der Waals surface area contributed by atoms with Crippen molar-refractivity contribution in [2.24, 2.45) is 0 Å². The number of benzene rings is 1. The van der Waals surface area contributed by atoms with E-state index in [0.717, 1.165) is 15.5 Å². The number of hydrogen-bond donors (Lipinski definition) is 1. The number of aryl methyl sites for hydroxylation is 2. The van der Waals surface area contributed by atoms with Crippen LogP contribution in [0.25, 0.3) is 10.2 Å². The second-order valence-corrected chi connectivity index (χ2v) is 6.92. The first-order valence-electron chi connectivity index (χ1n) is 6.30. The fourth-order valence-corrected chi connectivity index (χ4v) is 3.69. The van der Waals surface area contributed by atoms with Gasteiger partial charge >= 0.3 is 0 Å². The average Bonchev–Trinajstić information content (AvgIpc) is 2.79. The van der Waals surface area contributed by atoms with E-state index in [0.29, 0.717) is 10.5 Å². The highest BCUT2D eigenvalue weighted by molar-refractivity contribution is 7.98. The van der Waals surface area contributed by atoms with Crippen LogP contribution in [0.1, 0.15) is 16.0 Å². The summed E-state index contributed by atoms with van der Waals surface area (Å²) in [6, 6.07) is 10.3. The molecule has 5 heteroatoms. The molecular formula is C15H14N2OS2. The van der Waals surface area contributed by atoms with Crippen molar-refractivity contribution >= 4 is 33.3 Å². The SMILES string of the molecule is Cc1ccc(CSc2nc3sc(C)cc3c(=O)[nH]2)cc1. The second kappa shape index (κ2) is 5.42. The van der Waals surface area contributed by atoms with Crippen LogP contribution >= 0.6 is 23.1 Å². The van der Waals surface area contributed by atoms with Crippen LogP contribution in [-0.4, -0.2) is 9.97 Å². The molecule has 0 saturated carbocycles. The van der Waals surface area contributed by atoms with E-state index < -0.39 is 0 Å². The van der Waals surface area contributed by atoms with Gasteiger partial charge in [0.05, 0.1) is 5.39 Å². The van der Waals surface area contributed by atoms with Crippen molar-refractivity contribution in [2.45, 2.75) is 24.8 Å². The normalized spacial score (nSPS) is 11.1. The Bertz CT molecular complexity index is 803. The van der Waals surface area contributed by atoms with Crippen molar-refractivity contribution in [3.8, 4) is 0 Å². The zero-order valence-electron chi connectivity index (χ0n) is 11.3. The smallest absolute Gasteiger partial charge is 0.260 e. The molecule has 0 aliphatic carbocycles. The van der Waals surface area contributed by atoms with Gasteiger partial charge in [0.15, 0.2) is 5.16 Å². The summed E-state index contributed by atoms with van der Waals surface area (Å²) < 4.78 is 0. The summed E-state index contributed by atoms with van der Waals surface area (Å²) in [6.07, 6.45) is 0. The predicted molar refractivity (Wildman–Crippen MR) is 85.7 cm³/mol. The van der Waals surface area contributed by atoms with Crippen molar-refractivity contribution in [1.82, 2.24) is 9.97 Å². The summed E-state index contributed by atoms with van der Waals surface area (Å²) in [4.78, 5) is 21.3. The van der Waals surface area contributed by atoms with Gasteiger partial charge in [-0.2, -0.15) is 0 Å². The molecule has 3 nitrogen and oxygen atoms in total. The number of thiophene rings is 1. The molecule has 0 unspecified atom stereocenters. The van der Waals surface area contributed by atoms with Crippen molar-refractivity contribution in [3.63, 3.8) is 0 Å². The van der Waals surface area contributed by atoms with Crippen LogP contribution in [0.3, 0.4) is 0 Å². The number of nitrogens with one attached hydrogen (secondary N) is 1. The third kappa shape index (κ3) is 2.78. The Morgan fingerprint density at radius 3 is 2.75 bits per heavy atom. The first kappa shape index (κ1) is 13.4. The molecule has 102 valence electrons. The van der Waals surface area contributed by atoms with Gasteiger partial charge in [-0.05, 0) is 25.5 Å². The maximum atomic E-state index is 12.0.